The van der Waals surface area contributed by atoms with Crippen molar-refractivity contribution in [2.24, 2.45) is 11.5 Å². The first-order valence-corrected chi connectivity index (χ1v) is 6.11. The molecule has 2 heterocycles. The maximum absolute atomic E-state index is 10.9. The third kappa shape index (κ3) is 3.86. The fourth-order valence-electron chi connectivity index (χ4n) is 1.39. The Morgan fingerprint density at radius 3 is 2.41 bits per heavy atom. The van der Waals surface area contributed by atoms with E-state index in [-0.39, 0.29) is 0 Å². The van der Waals surface area contributed by atoms with E-state index in [1.54, 1.807) is 7.05 Å². The summed E-state index contributed by atoms with van der Waals surface area (Å²) in [4.78, 5) is 32.6. The largest absolute Gasteiger partial charge is 0.480 e. The predicted molar refractivity (Wildman–Crippen MR) is 77.1 cm³/mol. The molecule has 0 spiro atoms. The van der Waals surface area contributed by atoms with Gasteiger partial charge in [0, 0.05) is 7.05 Å². The standard InChI is InChI=1S/C7H8N6O.C4H9NO3/c1-9-5-4-6(11-2-10-5)13(3-12-4)7(8)14;1-2(6)3(5)4(7)8/h2-3H,1H3,(H2,8,14)(H,9,10,11);2-3,6H,5H2,1H3,(H,7,8)/t;2-,3+/m.1/s1. The molecule has 0 saturated heterocycles. The van der Waals surface area contributed by atoms with Crippen LogP contribution in [-0.4, -0.2) is 60.9 Å². The molecule has 0 bridgehead atoms. The van der Waals surface area contributed by atoms with Gasteiger partial charge in [-0.25, -0.2) is 24.3 Å². The molecule has 120 valence electrons. The Kier molecular flexibility index (Phi) is 5.72. The highest BCUT2D eigenvalue weighted by Gasteiger charge is 2.16. The summed E-state index contributed by atoms with van der Waals surface area (Å²) in [6, 6.07) is -1.77. The van der Waals surface area contributed by atoms with Gasteiger partial charge < -0.3 is 27.0 Å². The molecule has 2 rings (SSSR count). The number of carbonyl (C=O) groups excluding carboxylic acids is 1. The Morgan fingerprint density at radius 2 is 2.00 bits per heavy atom. The van der Waals surface area contributed by atoms with Gasteiger partial charge in [0.1, 0.15) is 18.7 Å². The number of hydrogen-bond donors (Lipinski definition) is 5. The minimum Gasteiger partial charge on any atom is -0.480 e. The molecule has 11 heteroatoms. The number of fused-ring (bicyclic) bond motifs is 1. The van der Waals surface area contributed by atoms with Crippen LogP contribution in [0.4, 0.5) is 10.6 Å². The number of carboxylic acids is 1. The number of rotatable bonds is 3. The van der Waals surface area contributed by atoms with E-state index in [0.29, 0.717) is 17.0 Å². The van der Waals surface area contributed by atoms with Crippen LogP contribution in [0, 0.1) is 0 Å². The zero-order valence-corrected chi connectivity index (χ0v) is 12.0. The van der Waals surface area contributed by atoms with Gasteiger partial charge in [-0.2, -0.15) is 0 Å². The van der Waals surface area contributed by atoms with E-state index in [4.69, 9.17) is 21.7 Å². The fourth-order valence-corrected chi connectivity index (χ4v) is 1.39. The lowest BCUT2D eigenvalue weighted by atomic mass is 10.2. The van der Waals surface area contributed by atoms with E-state index in [1.807, 2.05) is 0 Å². The lowest BCUT2D eigenvalue weighted by Gasteiger charge is -2.06. The number of nitrogens with one attached hydrogen (secondary N) is 1. The molecule has 0 aliphatic carbocycles. The van der Waals surface area contributed by atoms with E-state index in [2.05, 4.69) is 20.3 Å². The van der Waals surface area contributed by atoms with Crippen molar-refractivity contribution in [3.05, 3.63) is 12.7 Å². The molecular weight excluding hydrogens is 294 g/mol. The highest BCUT2D eigenvalue weighted by Crippen LogP contribution is 2.15. The molecule has 1 amide bonds. The highest BCUT2D eigenvalue weighted by molar-refractivity contribution is 5.90. The summed E-state index contributed by atoms with van der Waals surface area (Å²) in [7, 11) is 1.71. The topological polar surface area (TPSA) is 182 Å². The Bertz CT molecular complexity index is 670. The average Bonchev–Trinajstić information content (AvgIpc) is 2.90. The van der Waals surface area contributed by atoms with Crippen molar-refractivity contribution in [3.63, 3.8) is 0 Å². The maximum atomic E-state index is 10.9. The van der Waals surface area contributed by atoms with Crippen LogP contribution in [-0.2, 0) is 4.79 Å². The number of nitrogens with zero attached hydrogens (tertiary/aromatic N) is 4. The number of anilines is 1. The predicted octanol–water partition coefficient (Wildman–Crippen LogP) is -1.43. The monoisotopic (exact) mass is 311 g/mol. The second-order valence-corrected chi connectivity index (χ2v) is 4.20. The number of primary amides is 1. The summed E-state index contributed by atoms with van der Waals surface area (Å²) in [5, 5.41) is 19.4. The van der Waals surface area contributed by atoms with Crippen LogP contribution in [0.3, 0.4) is 0 Å². The van der Waals surface area contributed by atoms with Crippen molar-refractivity contribution < 1.29 is 19.8 Å². The van der Waals surface area contributed by atoms with Crippen LogP contribution >= 0.6 is 0 Å². The number of nitrogens with two attached hydrogens (primary N) is 2. The van der Waals surface area contributed by atoms with Crippen molar-refractivity contribution in [1.29, 1.82) is 0 Å². The molecule has 2 aromatic heterocycles. The number of carbonyl (C=O) groups is 2. The number of aliphatic hydroxyl groups is 1. The van der Waals surface area contributed by atoms with Crippen LogP contribution in [0.15, 0.2) is 12.7 Å². The fraction of sp³-hybridized carbons (Fsp3) is 0.364. The number of aliphatic carboxylic acids is 1. The van der Waals surface area contributed by atoms with Crippen LogP contribution in [0.1, 0.15) is 6.92 Å². The average molecular weight is 311 g/mol. The normalized spacial score (nSPS) is 12.9. The van der Waals surface area contributed by atoms with E-state index < -0.39 is 24.1 Å². The van der Waals surface area contributed by atoms with Gasteiger partial charge in [0.15, 0.2) is 17.0 Å². The van der Waals surface area contributed by atoms with Crippen molar-refractivity contribution in [2.75, 3.05) is 12.4 Å². The molecule has 0 fully saturated rings. The summed E-state index contributed by atoms with van der Waals surface area (Å²) in [5.74, 6) is -0.616. The Morgan fingerprint density at radius 1 is 1.36 bits per heavy atom. The molecule has 2 atom stereocenters. The number of hydrogen-bond acceptors (Lipinski definition) is 8. The smallest absolute Gasteiger partial charge is 0.325 e. The van der Waals surface area contributed by atoms with E-state index >= 15 is 0 Å². The SMILES string of the molecule is CNc1ncnc2c1ncn2C(N)=O.C[C@@H](O)[C@H](N)C(=O)O. The quantitative estimate of drug-likeness (QED) is 0.453. The van der Waals surface area contributed by atoms with Crippen LogP contribution in [0.25, 0.3) is 11.2 Å². The van der Waals surface area contributed by atoms with Gasteiger partial charge in [0.05, 0.1) is 6.10 Å². The molecule has 2 aromatic rings. The number of imidazole rings is 1. The molecule has 11 nitrogen and oxygen atoms in total. The van der Waals surface area contributed by atoms with Crippen LogP contribution in [0.2, 0.25) is 0 Å². The summed E-state index contributed by atoms with van der Waals surface area (Å²) in [6.07, 6.45) is 1.69. The number of carboxylic acid groups (broad SMARTS) is 1. The number of aliphatic hydroxyl groups excluding tert-OH is 1. The minimum atomic E-state index is -1.18. The van der Waals surface area contributed by atoms with Crippen LogP contribution in [0.5, 0.6) is 0 Å². The Labute approximate surface area is 125 Å². The van der Waals surface area contributed by atoms with Crippen LogP contribution < -0.4 is 16.8 Å². The second-order valence-electron chi connectivity index (χ2n) is 4.20. The zero-order chi connectivity index (χ0) is 16.9. The third-order valence-electron chi connectivity index (χ3n) is 2.61. The molecule has 0 saturated carbocycles. The van der Waals surface area contributed by atoms with Gasteiger partial charge in [-0.15, -0.1) is 0 Å². The number of aromatic nitrogens is 4. The Hall–Kier alpha value is -2.79. The molecule has 0 aromatic carbocycles. The third-order valence-corrected chi connectivity index (χ3v) is 2.61. The van der Waals surface area contributed by atoms with Gasteiger partial charge >= 0.3 is 12.0 Å². The zero-order valence-electron chi connectivity index (χ0n) is 12.0. The second kappa shape index (κ2) is 7.28. The molecule has 22 heavy (non-hydrogen) atoms. The van der Waals surface area contributed by atoms with Gasteiger partial charge in [-0.1, -0.05) is 0 Å². The summed E-state index contributed by atoms with van der Waals surface area (Å²) in [6.45, 7) is 1.33. The van der Waals surface area contributed by atoms with Crippen molar-refractivity contribution in [3.8, 4) is 0 Å². The lowest BCUT2D eigenvalue weighted by Crippen LogP contribution is -2.39. The van der Waals surface area contributed by atoms with Crippen molar-refractivity contribution in [2.45, 2.75) is 19.1 Å². The van der Waals surface area contributed by atoms with E-state index in [1.165, 1.54) is 19.6 Å². The van der Waals surface area contributed by atoms with Crippen molar-refractivity contribution in [1.82, 2.24) is 19.5 Å². The Balaban J connectivity index is 0.000000261. The summed E-state index contributed by atoms with van der Waals surface area (Å²) >= 11 is 0. The highest BCUT2D eigenvalue weighted by atomic mass is 16.4. The first-order chi connectivity index (χ1) is 10.3. The summed E-state index contributed by atoms with van der Waals surface area (Å²) in [5.41, 5.74) is 11.0. The van der Waals surface area contributed by atoms with Gasteiger partial charge in [-0.3, -0.25) is 4.79 Å². The summed E-state index contributed by atoms with van der Waals surface area (Å²) < 4.78 is 1.16. The molecule has 7 N–H and O–H groups in total. The molecule has 0 aliphatic rings. The van der Waals surface area contributed by atoms with Gasteiger partial charge in [0.25, 0.3) is 0 Å². The molecule has 0 aliphatic heterocycles. The molecule has 0 unspecified atom stereocenters. The molecular formula is C11H17N7O4. The first kappa shape index (κ1) is 17.3. The van der Waals surface area contributed by atoms with E-state index in [9.17, 15) is 9.59 Å². The molecule has 0 radical (unpaired) electrons. The lowest BCUT2D eigenvalue weighted by molar-refractivity contribution is -0.140. The van der Waals surface area contributed by atoms with Gasteiger partial charge in [-0.05, 0) is 6.92 Å². The van der Waals surface area contributed by atoms with E-state index in [0.717, 1.165) is 4.57 Å². The van der Waals surface area contributed by atoms with Crippen molar-refractivity contribution >= 4 is 29.0 Å². The minimum absolute atomic E-state index is 0.400. The maximum Gasteiger partial charge on any atom is 0.325 e. The van der Waals surface area contributed by atoms with Gasteiger partial charge in [0.2, 0.25) is 0 Å². The first-order valence-electron chi connectivity index (χ1n) is 6.11. The number of amides is 1.